The van der Waals surface area contributed by atoms with Crippen molar-refractivity contribution in [3.8, 4) is 0 Å². The standard InChI is InChI=1S/C20H21ClN2O4/c1-4-23(5-2)19(25)14-8-6-13(7-9-14)18(24)22-17-12-15(20(26)27-3)10-11-16(17)21/h6-12H,4-5H2,1-3H3,(H,22,24). The van der Waals surface area contributed by atoms with Crippen molar-refractivity contribution in [1.29, 1.82) is 0 Å². The van der Waals surface area contributed by atoms with Gasteiger partial charge in [-0.25, -0.2) is 4.79 Å². The van der Waals surface area contributed by atoms with Crippen LogP contribution in [0.2, 0.25) is 5.02 Å². The number of nitrogens with one attached hydrogen (secondary N) is 1. The van der Waals surface area contributed by atoms with Crippen molar-refractivity contribution in [2.75, 3.05) is 25.5 Å². The third-order valence-corrected chi connectivity index (χ3v) is 4.41. The van der Waals surface area contributed by atoms with E-state index in [1.54, 1.807) is 29.2 Å². The lowest BCUT2D eigenvalue weighted by Gasteiger charge is -2.18. The molecular weight excluding hydrogens is 368 g/mol. The maximum atomic E-state index is 12.5. The first-order valence-electron chi connectivity index (χ1n) is 8.49. The zero-order valence-corrected chi connectivity index (χ0v) is 16.2. The molecule has 1 N–H and O–H groups in total. The van der Waals surface area contributed by atoms with Crippen LogP contribution in [0.15, 0.2) is 42.5 Å². The van der Waals surface area contributed by atoms with Crippen LogP contribution in [0.25, 0.3) is 0 Å². The van der Waals surface area contributed by atoms with E-state index in [-0.39, 0.29) is 11.5 Å². The number of anilines is 1. The summed E-state index contributed by atoms with van der Waals surface area (Å²) >= 11 is 6.09. The molecule has 0 aromatic heterocycles. The van der Waals surface area contributed by atoms with Gasteiger partial charge in [0.05, 0.1) is 23.4 Å². The Bertz CT molecular complexity index is 846. The van der Waals surface area contributed by atoms with Crippen LogP contribution in [0.4, 0.5) is 5.69 Å². The van der Waals surface area contributed by atoms with Gasteiger partial charge in [-0.05, 0) is 56.3 Å². The van der Waals surface area contributed by atoms with Gasteiger partial charge in [-0.1, -0.05) is 11.6 Å². The topological polar surface area (TPSA) is 75.7 Å². The summed E-state index contributed by atoms with van der Waals surface area (Å²) in [6.45, 7) is 5.06. The normalized spacial score (nSPS) is 10.2. The fourth-order valence-corrected chi connectivity index (χ4v) is 2.68. The average molecular weight is 389 g/mol. The number of amides is 2. The SMILES string of the molecule is CCN(CC)C(=O)c1ccc(C(=O)Nc2cc(C(=O)OC)ccc2Cl)cc1. The molecule has 27 heavy (non-hydrogen) atoms. The summed E-state index contributed by atoms with van der Waals surface area (Å²) in [5.74, 6) is -1.01. The van der Waals surface area contributed by atoms with Crippen LogP contribution in [-0.4, -0.2) is 42.9 Å². The summed E-state index contributed by atoms with van der Waals surface area (Å²) in [5.41, 5.74) is 1.46. The number of nitrogens with zero attached hydrogens (tertiary/aromatic N) is 1. The third-order valence-electron chi connectivity index (χ3n) is 4.08. The monoisotopic (exact) mass is 388 g/mol. The zero-order valence-electron chi connectivity index (χ0n) is 15.4. The Morgan fingerprint density at radius 3 is 2.07 bits per heavy atom. The van der Waals surface area contributed by atoms with Crippen LogP contribution < -0.4 is 5.32 Å². The van der Waals surface area contributed by atoms with Gasteiger partial charge in [0.25, 0.3) is 11.8 Å². The molecule has 2 amide bonds. The predicted molar refractivity (Wildman–Crippen MR) is 104 cm³/mol. The Balaban J connectivity index is 2.17. The minimum absolute atomic E-state index is 0.0826. The van der Waals surface area contributed by atoms with Crippen LogP contribution in [0.5, 0.6) is 0 Å². The summed E-state index contributed by atoms with van der Waals surface area (Å²) < 4.78 is 4.66. The van der Waals surface area contributed by atoms with Crippen molar-refractivity contribution in [1.82, 2.24) is 4.90 Å². The Hall–Kier alpha value is -2.86. The predicted octanol–water partition coefficient (Wildman–Crippen LogP) is 3.86. The number of benzene rings is 2. The number of carbonyl (C=O) groups is 3. The second kappa shape index (κ2) is 9.19. The van der Waals surface area contributed by atoms with Gasteiger partial charge in [0.2, 0.25) is 0 Å². The minimum atomic E-state index is -0.526. The van der Waals surface area contributed by atoms with Crippen molar-refractivity contribution >= 4 is 35.1 Å². The molecule has 0 aliphatic rings. The number of halogens is 1. The van der Waals surface area contributed by atoms with Crippen LogP contribution in [0.1, 0.15) is 44.9 Å². The lowest BCUT2D eigenvalue weighted by molar-refractivity contribution is 0.0600. The highest BCUT2D eigenvalue weighted by Gasteiger charge is 2.15. The van der Waals surface area contributed by atoms with Gasteiger partial charge in [-0.15, -0.1) is 0 Å². The highest BCUT2D eigenvalue weighted by molar-refractivity contribution is 6.34. The van der Waals surface area contributed by atoms with E-state index in [2.05, 4.69) is 10.1 Å². The van der Waals surface area contributed by atoms with Gasteiger partial charge in [0, 0.05) is 24.2 Å². The molecule has 0 heterocycles. The van der Waals surface area contributed by atoms with Crippen molar-refractivity contribution in [2.24, 2.45) is 0 Å². The highest BCUT2D eigenvalue weighted by atomic mass is 35.5. The van der Waals surface area contributed by atoms with Gasteiger partial charge < -0.3 is 15.0 Å². The lowest BCUT2D eigenvalue weighted by Crippen LogP contribution is -2.30. The van der Waals surface area contributed by atoms with E-state index >= 15 is 0 Å². The summed E-state index contributed by atoms with van der Waals surface area (Å²) in [5, 5.41) is 2.96. The van der Waals surface area contributed by atoms with Crippen molar-refractivity contribution in [3.05, 3.63) is 64.2 Å². The Labute approximate surface area is 163 Å². The van der Waals surface area contributed by atoms with Gasteiger partial charge >= 0.3 is 5.97 Å². The van der Waals surface area contributed by atoms with E-state index < -0.39 is 11.9 Å². The summed E-state index contributed by atoms with van der Waals surface area (Å²) in [4.78, 5) is 38.1. The molecule has 0 radical (unpaired) electrons. The van der Waals surface area contributed by atoms with E-state index in [0.717, 1.165) is 0 Å². The van der Waals surface area contributed by atoms with Gasteiger partial charge in [-0.3, -0.25) is 9.59 Å². The molecule has 0 aliphatic heterocycles. The molecule has 142 valence electrons. The average Bonchev–Trinajstić information content (AvgIpc) is 2.69. The molecule has 7 heteroatoms. The first-order chi connectivity index (χ1) is 12.9. The van der Waals surface area contributed by atoms with Gasteiger partial charge in [0.15, 0.2) is 0 Å². The number of carbonyl (C=O) groups excluding carboxylic acids is 3. The molecule has 0 aliphatic carbocycles. The van der Waals surface area contributed by atoms with Crippen molar-refractivity contribution < 1.29 is 19.1 Å². The Morgan fingerprint density at radius 2 is 1.52 bits per heavy atom. The van der Waals surface area contributed by atoms with E-state index in [4.69, 9.17) is 11.6 Å². The van der Waals surface area contributed by atoms with E-state index in [1.165, 1.54) is 25.3 Å². The highest BCUT2D eigenvalue weighted by Crippen LogP contribution is 2.24. The zero-order chi connectivity index (χ0) is 20.0. The van der Waals surface area contributed by atoms with Crippen LogP contribution >= 0.6 is 11.6 Å². The quantitative estimate of drug-likeness (QED) is 0.762. The summed E-state index contributed by atoms with van der Waals surface area (Å²) in [6, 6.07) is 10.8. The molecule has 0 atom stereocenters. The number of ether oxygens (including phenoxy) is 1. The molecule has 0 bridgehead atoms. The maximum absolute atomic E-state index is 12.5. The van der Waals surface area contributed by atoms with Gasteiger partial charge in [-0.2, -0.15) is 0 Å². The molecule has 2 aromatic rings. The minimum Gasteiger partial charge on any atom is -0.465 e. The van der Waals surface area contributed by atoms with Gasteiger partial charge in [0.1, 0.15) is 0 Å². The van der Waals surface area contributed by atoms with Crippen molar-refractivity contribution in [3.63, 3.8) is 0 Å². The molecule has 2 rings (SSSR count). The largest absolute Gasteiger partial charge is 0.465 e. The molecule has 0 saturated carbocycles. The molecule has 0 saturated heterocycles. The first kappa shape index (κ1) is 20.5. The summed E-state index contributed by atoms with van der Waals surface area (Å²) in [6.07, 6.45) is 0. The number of hydrogen-bond donors (Lipinski definition) is 1. The molecule has 2 aromatic carbocycles. The number of methoxy groups -OCH3 is 1. The second-order valence-electron chi connectivity index (χ2n) is 5.70. The smallest absolute Gasteiger partial charge is 0.337 e. The van der Waals surface area contributed by atoms with Crippen molar-refractivity contribution in [2.45, 2.75) is 13.8 Å². The number of rotatable bonds is 6. The van der Waals surface area contributed by atoms with E-state index in [9.17, 15) is 14.4 Å². The Morgan fingerprint density at radius 1 is 0.963 bits per heavy atom. The number of esters is 1. The van der Waals surface area contributed by atoms with Crippen LogP contribution in [0.3, 0.4) is 0 Å². The molecule has 0 unspecified atom stereocenters. The van der Waals surface area contributed by atoms with Crippen LogP contribution in [0, 0.1) is 0 Å². The van der Waals surface area contributed by atoms with E-state index in [0.29, 0.717) is 34.9 Å². The van der Waals surface area contributed by atoms with Crippen LogP contribution in [-0.2, 0) is 4.74 Å². The first-order valence-corrected chi connectivity index (χ1v) is 8.87. The molecule has 6 nitrogen and oxygen atoms in total. The fraction of sp³-hybridized carbons (Fsp3) is 0.250. The van der Waals surface area contributed by atoms with E-state index in [1.807, 2.05) is 13.8 Å². The summed E-state index contributed by atoms with van der Waals surface area (Å²) in [7, 11) is 1.27. The fourth-order valence-electron chi connectivity index (χ4n) is 2.52. The maximum Gasteiger partial charge on any atom is 0.337 e. The third kappa shape index (κ3) is 4.86. The Kier molecular flexibility index (Phi) is 6.96. The number of hydrogen-bond acceptors (Lipinski definition) is 4. The molecule has 0 fully saturated rings. The molecular formula is C20H21ClN2O4. The molecule has 0 spiro atoms. The lowest BCUT2D eigenvalue weighted by atomic mass is 10.1. The second-order valence-corrected chi connectivity index (χ2v) is 6.10.